The Kier molecular flexibility index (Phi) is 3.83. The van der Waals surface area contributed by atoms with Crippen LogP contribution in [0.2, 0.25) is 0 Å². The van der Waals surface area contributed by atoms with E-state index in [2.05, 4.69) is 0 Å². The highest BCUT2D eigenvalue weighted by Crippen LogP contribution is 2.11. The maximum absolute atomic E-state index is 10.9. The van der Waals surface area contributed by atoms with E-state index in [4.69, 9.17) is 0 Å². The number of hydroxylamine groups is 1. The van der Waals surface area contributed by atoms with Crippen molar-refractivity contribution in [1.29, 1.82) is 0 Å². The Labute approximate surface area is 97.5 Å². The molecule has 1 atom stereocenters. The highest BCUT2D eigenvalue weighted by molar-refractivity contribution is 7.79. The fraction of sp³-hybridized carbons (Fsp3) is 0.364. The van der Waals surface area contributed by atoms with Gasteiger partial charge < -0.3 is 4.55 Å². The maximum Gasteiger partial charge on any atom is 0.224 e. The molecule has 1 aromatic rings. The molecule has 1 N–H and O–H groups in total. The van der Waals surface area contributed by atoms with Crippen LogP contribution in [0.15, 0.2) is 29.2 Å². The lowest BCUT2D eigenvalue weighted by Gasteiger charge is -2.11. The molecule has 0 aliphatic heterocycles. The minimum absolute atomic E-state index is 0.172. The molecule has 1 rings (SSSR count). The smallest absolute Gasteiger partial charge is 0.224 e. The van der Waals surface area contributed by atoms with Crippen LogP contribution in [0.4, 0.5) is 0 Å². The van der Waals surface area contributed by atoms with Crippen molar-refractivity contribution in [1.82, 2.24) is 0 Å². The average molecular weight is 241 g/mol. The minimum atomic E-state index is -2.30. The van der Waals surface area contributed by atoms with Crippen molar-refractivity contribution in [3.05, 3.63) is 29.8 Å². The third-order valence-corrected chi connectivity index (χ3v) is 2.78. The SMILES string of the molecule is CC(C)(C)/[N+](O)=C\c1ccccc1S(=O)[O-]. The van der Waals surface area contributed by atoms with Crippen LogP contribution in [0.5, 0.6) is 0 Å². The van der Waals surface area contributed by atoms with E-state index in [0.29, 0.717) is 5.56 Å². The van der Waals surface area contributed by atoms with E-state index in [1.807, 2.05) is 20.8 Å². The zero-order chi connectivity index (χ0) is 12.3. The molecule has 1 aromatic carbocycles. The van der Waals surface area contributed by atoms with Gasteiger partial charge in [0.15, 0.2) is 0 Å². The van der Waals surface area contributed by atoms with E-state index in [0.717, 1.165) is 4.74 Å². The zero-order valence-corrected chi connectivity index (χ0v) is 10.3. The second-order valence-electron chi connectivity index (χ2n) is 4.42. The van der Waals surface area contributed by atoms with Gasteiger partial charge in [0, 0.05) is 25.7 Å². The molecule has 88 valence electrons. The summed E-state index contributed by atoms with van der Waals surface area (Å²) in [4.78, 5) is 0.172. The average Bonchev–Trinajstić information content (AvgIpc) is 2.16. The number of benzene rings is 1. The summed E-state index contributed by atoms with van der Waals surface area (Å²) in [5.41, 5.74) is -0.00873. The fourth-order valence-electron chi connectivity index (χ4n) is 1.06. The van der Waals surface area contributed by atoms with Crippen LogP contribution in [0.3, 0.4) is 0 Å². The van der Waals surface area contributed by atoms with Gasteiger partial charge in [0.1, 0.15) is 0 Å². The van der Waals surface area contributed by atoms with E-state index in [1.165, 1.54) is 12.3 Å². The largest absolute Gasteiger partial charge is 0.768 e. The molecular weight excluding hydrogens is 226 g/mol. The van der Waals surface area contributed by atoms with Crippen LogP contribution in [0.1, 0.15) is 26.3 Å². The lowest BCUT2D eigenvalue weighted by molar-refractivity contribution is -0.816. The second kappa shape index (κ2) is 4.76. The zero-order valence-electron chi connectivity index (χ0n) is 9.51. The molecule has 0 saturated carbocycles. The first-order valence-corrected chi connectivity index (χ1v) is 5.91. The van der Waals surface area contributed by atoms with E-state index >= 15 is 0 Å². The number of rotatable bonds is 2. The van der Waals surface area contributed by atoms with Crippen LogP contribution in [-0.4, -0.2) is 30.5 Å². The third kappa shape index (κ3) is 3.15. The highest BCUT2D eigenvalue weighted by Gasteiger charge is 2.24. The predicted octanol–water partition coefficient (Wildman–Crippen LogP) is 1.54. The second-order valence-corrected chi connectivity index (χ2v) is 5.33. The molecule has 0 saturated heterocycles. The van der Waals surface area contributed by atoms with Gasteiger partial charge in [-0.05, 0) is 28.0 Å². The van der Waals surface area contributed by atoms with Crippen molar-refractivity contribution in [2.45, 2.75) is 31.2 Å². The van der Waals surface area contributed by atoms with Crippen molar-refractivity contribution >= 4 is 17.3 Å². The quantitative estimate of drug-likeness (QED) is 0.281. The van der Waals surface area contributed by atoms with Gasteiger partial charge in [-0.15, -0.1) is 0 Å². The Balaban J connectivity index is 3.20. The van der Waals surface area contributed by atoms with Gasteiger partial charge in [0.25, 0.3) is 0 Å². The van der Waals surface area contributed by atoms with E-state index in [1.54, 1.807) is 18.2 Å². The molecule has 0 fully saturated rings. The summed E-state index contributed by atoms with van der Waals surface area (Å²) in [5, 5.41) is 9.72. The van der Waals surface area contributed by atoms with Gasteiger partial charge in [0.2, 0.25) is 11.8 Å². The summed E-state index contributed by atoms with van der Waals surface area (Å²) in [7, 11) is 0. The number of hydrogen-bond donors (Lipinski definition) is 1. The Morgan fingerprint density at radius 1 is 1.38 bits per heavy atom. The molecule has 4 nitrogen and oxygen atoms in total. The molecule has 5 heteroatoms. The normalized spacial score (nSPS) is 14.9. The van der Waals surface area contributed by atoms with Crippen molar-refractivity contribution in [3.8, 4) is 0 Å². The van der Waals surface area contributed by atoms with Crippen LogP contribution < -0.4 is 0 Å². The fourth-order valence-corrected chi connectivity index (χ4v) is 1.57. The summed E-state index contributed by atoms with van der Waals surface area (Å²) < 4.78 is 22.9. The topological polar surface area (TPSA) is 63.4 Å². The molecule has 0 amide bonds. The number of nitrogens with zero attached hydrogens (tertiary/aromatic N) is 1. The van der Waals surface area contributed by atoms with Crippen LogP contribution >= 0.6 is 0 Å². The van der Waals surface area contributed by atoms with Gasteiger partial charge in [0.05, 0.1) is 5.56 Å². The Hall–Kier alpha value is -1.20. The molecular formula is C11H15NO3S. The van der Waals surface area contributed by atoms with Crippen molar-refractivity contribution in [3.63, 3.8) is 0 Å². The first kappa shape index (κ1) is 12.9. The molecule has 0 aromatic heterocycles. The number of hydrogen-bond acceptors (Lipinski definition) is 3. The van der Waals surface area contributed by atoms with Gasteiger partial charge >= 0.3 is 0 Å². The van der Waals surface area contributed by atoms with Crippen molar-refractivity contribution in [2.24, 2.45) is 0 Å². The Morgan fingerprint density at radius 2 is 1.94 bits per heavy atom. The van der Waals surface area contributed by atoms with Crippen molar-refractivity contribution in [2.75, 3.05) is 0 Å². The Morgan fingerprint density at radius 3 is 2.44 bits per heavy atom. The van der Waals surface area contributed by atoms with E-state index in [9.17, 15) is 14.0 Å². The maximum atomic E-state index is 10.9. The summed E-state index contributed by atoms with van der Waals surface area (Å²) in [5.74, 6) is 0. The molecule has 0 spiro atoms. The van der Waals surface area contributed by atoms with E-state index in [-0.39, 0.29) is 4.90 Å². The predicted molar refractivity (Wildman–Crippen MR) is 60.6 cm³/mol. The third-order valence-electron chi connectivity index (χ3n) is 2.05. The summed E-state index contributed by atoms with van der Waals surface area (Å²) in [6.07, 6.45) is 1.41. The monoisotopic (exact) mass is 241 g/mol. The van der Waals surface area contributed by atoms with Crippen LogP contribution in [0.25, 0.3) is 0 Å². The van der Waals surface area contributed by atoms with E-state index < -0.39 is 16.6 Å². The Bertz CT molecular complexity index is 435. The van der Waals surface area contributed by atoms with Gasteiger partial charge in [-0.2, -0.15) is 0 Å². The summed E-state index contributed by atoms with van der Waals surface area (Å²) >= 11 is -2.30. The molecule has 0 aliphatic carbocycles. The lowest BCUT2D eigenvalue weighted by atomic mass is 10.1. The first-order valence-electron chi connectivity index (χ1n) is 4.84. The minimum Gasteiger partial charge on any atom is -0.768 e. The highest BCUT2D eigenvalue weighted by atomic mass is 32.2. The van der Waals surface area contributed by atoms with Crippen molar-refractivity contribution < 1.29 is 18.7 Å². The molecule has 0 radical (unpaired) electrons. The van der Waals surface area contributed by atoms with Gasteiger partial charge in [-0.1, -0.05) is 12.1 Å². The molecule has 1 unspecified atom stereocenters. The molecule has 16 heavy (non-hydrogen) atoms. The first-order chi connectivity index (χ1) is 7.32. The summed E-state index contributed by atoms with van der Waals surface area (Å²) in [6, 6.07) is 6.49. The molecule has 0 heterocycles. The summed E-state index contributed by atoms with van der Waals surface area (Å²) in [6.45, 7) is 5.46. The van der Waals surface area contributed by atoms with Crippen LogP contribution in [0, 0.1) is 0 Å². The molecule has 0 bridgehead atoms. The lowest BCUT2D eigenvalue weighted by Crippen LogP contribution is -2.31. The van der Waals surface area contributed by atoms with Gasteiger partial charge in [-0.3, -0.25) is 9.42 Å². The standard InChI is InChI=1S/C11H15NO3S/c1-11(2,3)12(13)8-9-6-4-5-7-10(9)16(14)15/h4-8H,1-3H3,(H-,13,14,15)/b12-8+. The van der Waals surface area contributed by atoms with Gasteiger partial charge in [-0.25, -0.2) is 0 Å². The molecule has 0 aliphatic rings. The van der Waals surface area contributed by atoms with Crippen LogP contribution in [-0.2, 0) is 11.1 Å².